The van der Waals surface area contributed by atoms with Gasteiger partial charge in [-0.25, -0.2) is 0 Å². The zero-order valence-electron chi connectivity index (χ0n) is 7.71. The predicted molar refractivity (Wildman–Crippen MR) is 52.9 cm³/mol. The van der Waals surface area contributed by atoms with Crippen molar-refractivity contribution in [1.29, 1.82) is 0 Å². The summed E-state index contributed by atoms with van der Waals surface area (Å²) in [5.41, 5.74) is 3.24. The van der Waals surface area contributed by atoms with E-state index >= 15 is 0 Å². The highest BCUT2D eigenvalue weighted by atomic mass is 16.1. The first kappa shape index (κ1) is 8.24. The molecule has 0 aromatic heterocycles. The van der Waals surface area contributed by atoms with Gasteiger partial charge in [0.2, 0.25) is 0 Å². The lowest BCUT2D eigenvalue weighted by Gasteiger charge is -2.01. The number of carbonyl (C=O) groups is 1. The number of allylic oxidation sites excluding steroid dienone is 2. The van der Waals surface area contributed by atoms with Crippen molar-refractivity contribution in [2.24, 2.45) is 0 Å². The second-order valence-electron chi connectivity index (χ2n) is 3.51. The van der Waals surface area contributed by atoms with Gasteiger partial charge in [-0.2, -0.15) is 0 Å². The molecule has 0 saturated carbocycles. The van der Waals surface area contributed by atoms with E-state index in [1.807, 2.05) is 31.2 Å². The molecule has 0 amide bonds. The molecule has 0 atom stereocenters. The fraction of sp³-hybridized carbons (Fsp3) is 0.250. The van der Waals surface area contributed by atoms with Crippen molar-refractivity contribution in [3.05, 3.63) is 47.0 Å². The second-order valence-corrected chi connectivity index (χ2v) is 3.51. The Kier molecular flexibility index (Phi) is 2.01. The van der Waals surface area contributed by atoms with Gasteiger partial charge in [0.1, 0.15) is 0 Å². The summed E-state index contributed by atoms with van der Waals surface area (Å²) in [6.07, 6.45) is 3.75. The zero-order chi connectivity index (χ0) is 9.26. The number of hydrogen-bond donors (Lipinski definition) is 0. The largest absolute Gasteiger partial charge is 0.289 e. The quantitative estimate of drug-likeness (QED) is 0.588. The van der Waals surface area contributed by atoms with Gasteiger partial charge in [0.15, 0.2) is 5.78 Å². The first-order valence-corrected chi connectivity index (χ1v) is 4.57. The van der Waals surface area contributed by atoms with Crippen molar-refractivity contribution in [3.63, 3.8) is 0 Å². The molecule has 0 aliphatic heterocycles. The molecular formula is C12H12O. The molecule has 13 heavy (non-hydrogen) atoms. The fourth-order valence-electron chi connectivity index (χ4n) is 1.68. The maximum atomic E-state index is 11.6. The van der Waals surface area contributed by atoms with Crippen molar-refractivity contribution in [2.75, 3.05) is 0 Å². The molecule has 1 aromatic rings. The summed E-state index contributed by atoms with van der Waals surface area (Å²) in [5, 5.41) is 0. The summed E-state index contributed by atoms with van der Waals surface area (Å²) >= 11 is 0. The van der Waals surface area contributed by atoms with Crippen molar-refractivity contribution >= 4 is 5.78 Å². The van der Waals surface area contributed by atoms with Gasteiger partial charge in [-0.15, -0.1) is 0 Å². The molecule has 0 bridgehead atoms. The minimum Gasteiger partial charge on any atom is -0.289 e. The van der Waals surface area contributed by atoms with Gasteiger partial charge in [0.25, 0.3) is 0 Å². The van der Waals surface area contributed by atoms with Gasteiger partial charge in [-0.3, -0.25) is 4.79 Å². The van der Waals surface area contributed by atoms with E-state index in [-0.39, 0.29) is 5.78 Å². The maximum Gasteiger partial charge on any atom is 0.186 e. The number of ketones is 1. The molecule has 0 fully saturated rings. The van der Waals surface area contributed by atoms with Gasteiger partial charge in [0, 0.05) is 5.56 Å². The highest BCUT2D eigenvalue weighted by molar-refractivity contribution is 6.06. The lowest BCUT2D eigenvalue weighted by molar-refractivity contribution is 0.104. The van der Waals surface area contributed by atoms with Gasteiger partial charge in [0.05, 0.1) is 0 Å². The molecule has 2 rings (SSSR count). The number of hydrogen-bond acceptors (Lipinski definition) is 1. The van der Waals surface area contributed by atoms with Gasteiger partial charge in [-0.05, 0) is 31.4 Å². The minimum atomic E-state index is 0.158. The van der Waals surface area contributed by atoms with E-state index in [1.165, 1.54) is 11.1 Å². The first-order valence-electron chi connectivity index (χ1n) is 4.57. The van der Waals surface area contributed by atoms with Crippen molar-refractivity contribution < 1.29 is 4.79 Å². The average molecular weight is 172 g/mol. The van der Waals surface area contributed by atoms with Crippen LogP contribution < -0.4 is 0 Å². The van der Waals surface area contributed by atoms with Crippen LogP contribution in [0.2, 0.25) is 0 Å². The molecule has 1 aromatic carbocycles. The Morgan fingerprint density at radius 2 is 1.92 bits per heavy atom. The summed E-state index contributed by atoms with van der Waals surface area (Å²) in [7, 11) is 0. The number of fused-ring (bicyclic) bond motifs is 1. The summed E-state index contributed by atoms with van der Waals surface area (Å²) in [6.45, 7) is 2.02. The molecule has 1 aliphatic carbocycles. The first-order chi connectivity index (χ1) is 6.27. The molecule has 0 spiro atoms. The molecule has 0 N–H and O–H groups in total. The van der Waals surface area contributed by atoms with Crippen molar-refractivity contribution in [1.82, 2.24) is 0 Å². The van der Waals surface area contributed by atoms with E-state index in [0.29, 0.717) is 0 Å². The molecule has 1 aliphatic rings. The van der Waals surface area contributed by atoms with Crippen LogP contribution in [0, 0.1) is 0 Å². The Labute approximate surface area is 78.1 Å². The fourth-order valence-corrected chi connectivity index (χ4v) is 1.68. The number of aryl methyl sites for hydroxylation is 1. The van der Waals surface area contributed by atoms with E-state index in [4.69, 9.17) is 0 Å². The molecule has 0 heterocycles. The topological polar surface area (TPSA) is 17.1 Å². The summed E-state index contributed by atoms with van der Waals surface area (Å²) in [4.78, 5) is 11.6. The standard InChI is InChI=1S/C12H12O/c1-9-6-7-10-4-2-3-5-11(10)12(13)8-9/h2-5,8H,6-7H2,1H3. The van der Waals surface area contributed by atoms with Gasteiger partial charge >= 0.3 is 0 Å². The van der Waals surface area contributed by atoms with E-state index in [2.05, 4.69) is 0 Å². The summed E-state index contributed by atoms with van der Waals surface area (Å²) in [5.74, 6) is 0.158. The Morgan fingerprint density at radius 3 is 2.77 bits per heavy atom. The highest BCUT2D eigenvalue weighted by Gasteiger charge is 2.12. The monoisotopic (exact) mass is 172 g/mol. The summed E-state index contributed by atoms with van der Waals surface area (Å²) < 4.78 is 0. The van der Waals surface area contributed by atoms with E-state index in [0.717, 1.165) is 18.4 Å². The van der Waals surface area contributed by atoms with Crippen molar-refractivity contribution in [3.8, 4) is 0 Å². The molecular weight excluding hydrogens is 160 g/mol. The van der Waals surface area contributed by atoms with Crippen LogP contribution in [0.3, 0.4) is 0 Å². The predicted octanol–water partition coefficient (Wildman–Crippen LogP) is 2.76. The van der Waals surface area contributed by atoms with Gasteiger partial charge in [-0.1, -0.05) is 29.8 Å². The Hall–Kier alpha value is -1.37. The third kappa shape index (κ3) is 1.55. The Morgan fingerprint density at radius 1 is 1.15 bits per heavy atom. The smallest absolute Gasteiger partial charge is 0.186 e. The van der Waals surface area contributed by atoms with Crippen LogP contribution in [0.1, 0.15) is 29.3 Å². The van der Waals surface area contributed by atoms with Crippen molar-refractivity contribution in [2.45, 2.75) is 19.8 Å². The third-order valence-corrected chi connectivity index (χ3v) is 2.45. The van der Waals surface area contributed by atoms with E-state index < -0.39 is 0 Å². The van der Waals surface area contributed by atoms with E-state index in [9.17, 15) is 4.79 Å². The van der Waals surface area contributed by atoms with Crippen LogP contribution in [0.5, 0.6) is 0 Å². The average Bonchev–Trinajstić information content (AvgIpc) is 2.27. The van der Waals surface area contributed by atoms with Gasteiger partial charge < -0.3 is 0 Å². The summed E-state index contributed by atoms with van der Waals surface area (Å²) in [6, 6.07) is 7.87. The number of benzene rings is 1. The molecule has 0 radical (unpaired) electrons. The van der Waals surface area contributed by atoms with Crippen LogP contribution in [0.25, 0.3) is 0 Å². The second kappa shape index (κ2) is 3.17. The molecule has 0 saturated heterocycles. The van der Waals surface area contributed by atoms with Crippen LogP contribution in [-0.4, -0.2) is 5.78 Å². The minimum absolute atomic E-state index is 0.158. The molecule has 1 nitrogen and oxygen atoms in total. The van der Waals surface area contributed by atoms with Crippen LogP contribution in [-0.2, 0) is 6.42 Å². The Bertz CT molecular complexity index is 374. The van der Waals surface area contributed by atoms with E-state index in [1.54, 1.807) is 6.08 Å². The lowest BCUT2D eigenvalue weighted by Crippen LogP contribution is -1.97. The Balaban J connectivity index is 2.51. The van der Waals surface area contributed by atoms with Crippen LogP contribution in [0.15, 0.2) is 35.9 Å². The zero-order valence-corrected chi connectivity index (χ0v) is 7.71. The lowest BCUT2D eigenvalue weighted by atomic mass is 10.0. The molecule has 66 valence electrons. The molecule has 1 heteroatoms. The van der Waals surface area contributed by atoms with Crippen LogP contribution >= 0.6 is 0 Å². The highest BCUT2D eigenvalue weighted by Crippen LogP contribution is 2.19. The number of carbonyl (C=O) groups excluding carboxylic acids is 1. The number of rotatable bonds is 0. The SMILES string of the molecule is CC1=CC(=O)c2ccccc2CC1. The maximum absolute atomic E-state index is 11.6. The molecule has 0 unspecified atom stereocenters. The third-order valence-electron chi connectivity index (χ3n) is 2.45. The normalized spacial score (nSPS) is 16.1. The van der Waals surface area contributed by atoms with Crippen LogP contribution in [0.4, 0.5) is 0 Å².